The maximum atomic E-state index is 12.7. The van der Waals surface area contributed by atoms with Crippen LogP contribution >= 0.6 is 0 Å². The SMILES string of the molecule is COc1cccc2c1OCC(C(=O)Nc1ccc(-c3cn[nH]c3)c(C)c1)C2. The Morgan fingerprint density at radius 1 is 1.33 bits per heavy atom. The van der Waals surface area contributed by atoms with Crippen LogP contribution in [0, 0.1) is 12.8 Å². The number of hydrogen-bond donors (Lipinski definition) is 2. The Balaban J connectivity index is 1.47. The van der Waals surface area contributed by atoms with Crippen LogP contribution in [0.2, 0.25) is 0 Å². The number of carbonyl (C=O) groups is 1. The molecule has 0 bridgehead atoms. The number of nitrogens with zero attached hydrogens (tertiary/aromatic N) is 1. The average molecular weight is 363 g/mol. The molecule has 0 saturated heterocycles. The van der Waals surface area contributed by atoms with Crippen LogP contribution in [-0.2, 0) is 11.2 Å². The lowest BCUT2D eigenvalue weighted by atomic mass is 9.95. The lowest BCUT2D eigenvalue weighted by Gasteiger charge is -2.26. The van der Waals surface area contributed by atoms with Gasteiger partial charge in [-0.05, 0) is 48.2 Å². The summed E-state index contributed by atoms with van der Waals surface area (Å²) in [7, 11) is 1.62. The van der Waals surface area contributed by atoms with E-state index >= 15 is 0 Å². The van der Waals surface area contributed by atoms with Gasteiger partial charge in [0.05, 0.1) is 19.2 Å². The Kier molecular flexibility index (Phi) is 4.54. The topological polar surface area (TPSA) is 76.2 Å². The number of fused-ring (bicyclic) bond motifs is 1. The van der Waals surface area contributed by atoms with E-state index in [4.69, 9.17) is 9.47 Å². The molecule has 1 aromatic heterocycles. The van der Waals surface area contributed by atoms with Crippen molar-refractivity contribution in [3.8, 4) is 22.6 Å². The number of carbonyl (C=O) groups excluding carboxylic acids is 1. The van der Waals surface area contributed by atoms with Gasteiger partial charge in [0, 0.05) is 17.4 Å². The van der Waals surface area contributed by atoms with Gasteiger partial charge in [-0.3, -0.25) is 9.89 Å². The molecule has 138 valence electrons. The van der Waals surface area contributed by atoms with E-state index in [1.807, 2.05) is 49.5 Å². The molecule has 27 heavy (non-hydrogen) atoms. The molecule has 6 nitrogen and oxygen atoms in total. The summed E-state index contributed by atoms with van der Waals surface area (Å²) in [5, 5.41) is 9.81. The van der Waals surface area contributed by atoms with Crippen molar-refractivity contribution >= 4 is 11.6 Å². The highest BCUT2D eigenvalue weighted by Crippen LogP contribution is 2.36. The summed E-state index contributed by atoms with van der Waals surface area (Å²) in [5.41, 5.74) is 4.96. The van der Waals surface area contributed by atoms with Crippen molar-refractivity contribution in [3.05, 3.63) is 59.9 Å². The second kappa shape index (κ2) is 7.15. The van der Waals surface area contributed by atoms with E-state index in [-0.39, 0.29) is 11.8 Å². The molecule has 1 amide bonds. The number of aromatic amines is 1. The predicted molar refractivity (Wildman–Crippen MR) is 103 cm³/mol. The highest BCUT2D eigenvalue weighted by molar-refractivity contribution is 5.93. The maximum absolute atomic E-state index is 12.7. The molecule has 1 aliphatic heterocycles. The van der Waals surface area contributed by atoms with Crippen LogP contribution in [0.3, 0.4) is 0 Å². The summed E-state index contributed by atoms with van der Waals surface area (Å²) in [5.74, 6) is 1.17. The number of ether oxygens (including phenoxy) is 2. The van der Waals surface area contributed by atoms with Crippen molar-refractivity contribution in [2.75, 3.05) is 19.0 Å². The van der Waals surface area contributed by atoms with Gasteiger partial charge in [0.15, 0.2) is 11.5 Å². The Hall–Kier alpha value is -3.28. The van der Waals surface area contributed by atoms with Gasteiger partial charge in [-0.1, -0.05) is 18.2 Å². The van der Waals surface area contributed by atoms with E-state index in [2.05, 4.69) is 15.5 Å². The molecule has 2 aromatic carbocycles. The van der Waals surface area contributed by atoms with Crippen molar-refractivity contribution in [2.24, 2.45) is 5.92 Å². The molecule has 0 aliphatic carbocycles. The lowest BCUT2D eigenvalue weighted by molar-refractivity contribution is -0.121. The molecule has 3 aromatic rings. The number of benzene rings is 2. The van der Waals surface area contributed by atoms with E-state index in [0.717, 1.165) is 33.7 Å². The number of aryl methyl sites for hydroxylation is 1. The highest BCUT2D eigenvalue weighted by atomic mass is 16.5. The quantitative estimate of drug-likeness (QED) is 0.743. The zero-order chi connectivity index (χ0) is 18.8. The van der Waals surface area contributed by atoms with Crippen molar-refractivity contribution in [2.45, 2.75) is 13.3 Å². The lowest BCUT2D eigenvalue weighted by Crippen LogP contribution is -2.32. The summed E-state index contributed by atoms with van der Waals surface area (Å²) < 4.78 is 11.1. The van der Waals surface area contributed by atoms with Gasteiger partial charge in [-0.2, -0.15) is 5.10 Å². The van der Waals surface area contributed by atoms with E-state index < -0.39 is 0 Å². The molecule has 1 atom stereocenters. The number of methoxy groups -OCH3 is 1. The van der Waals surface area contributed by atoms with Gasteiger partial charge >= 0.3 is 0 Å². The van der Waals surface area contributed by atoms with Crippen LogP contribution in [0.1, 0.15) is 11.1 Å². The van der Waals surface area contributed by atoms with Gasteiger partial charge in [0.1, 0.15) is 6.61 Å². The standard InChI is InChI=1S/C21H21N3O3/c1-13-8-17(6-7-18(13)16-10-22-23-11-16)24-21(25)15-9-14-4-3-5-19(26-2)20(14)27-12-15/h3-8,10-11,15H,9,12H2,1-2H3,(H,22,23)(H,24,25). The number of rotatable bonds is 4. The molecule has 2 N–H and O–H groups in total. The van der Waals surface area contributed by atoms with Gasteiger partial charge in [0.25, 0.3) is 0 Å². The fourth-order valence-electron chi connectivity index (χ4n) is 3.43. The summed E-state index contributed by atoms with van der Waals surface area (Å²) in [6.45, 7) is 2.36. The van der Waals surface area contributed by atoms with Crippen LogP contribution in [0.15, 0.2) is 48.8 Å². The molecule has 4 rings (SSSR count). The maximum Gasteiger partial charge on any atom is 0.231 e. The number of para-hydroxylation sites is 1. The van der Waals surface area contributed by atoms with Crippen molar-refractivity contribution in [1.82, 2.24) is 10.2 Å². The third kappa shape index (κ3) is 3.38. The first-order valence-electron chi connectivity index (χ1n) is 8.85. The van der Waals surface area contributed by atoms with Crippen molar-refractivity contribution in [3.63, 3.8) is 0 Å². The monoisotopic (exact) mass is 363 g/mol. The van der Waals surface area contributed by atoms with Crippen LogP contribution in [0.25, 0.3) is 11.1 Å². The molecule has 0 radical (unpaired) electrons. The zero-order valence-corrected chi connectivity index (χ0v) is 15.3. The molecular formula is C21H21N3O3. The highest BCUT2D eigenvalue weighted by Gasteiger charge is 2.28. The van der Waals surface area contributed by atoms with Crippen molar-refractivity contribution in [1.29, 1.82) is 0 Å². The zero-order valence-electron chi connectivity index (χ0n) is 15.3. The first-order chi connectivity index (χ1) is 13.2. The number of H-pyrrole nitrogens is 1. The molecule has 1 unspecified atom stereocenters. The normalized spacial score (nSPS) is 15.6. The first kappa shape index (κ1) is 17.1. The smallest absolute Gasteiger partial charge is 0.231 e. The number of aromatic nitrogens is 2. The fraction of sp³-hybridized carbons (Fsp3) is 0.238. The second-order valence-corrected chi connectivity index (χ2v) is 6.67. The summed E-state index contributed by atoms with van der Waals surface area (Å²) in [6.07, 6.45) is 4.27. The molecule has 0 saturated carbocycles. The number of hydrogen-bond acceptors (Lipinski definition) is 4. The summed E-state index contributed by atoms with van der Waals surface area (Å²) >= 11 is 0. The van der Waals surface area contributed by atoms with Crippen LogP contribution in [0.5, 0.6) is 11.5 Å². The molecule has 0 fully saturated rings. The van der Waals surface area contributed by atoms with Crippen LogP contribution < -0.4 is 14.8 Å². The molecule has 1 aliphatic rings. The van der Waals surface area contributed by atoms with E-state index in [9.17, 15) is 4.79 Å². The fourth-order valence-corrected chi connectivity index (χ4v) is 3.43. The molecule has 6 heteroatoms. The van der Waals surface area contributed by atoms with Gasteiger partial charge in [-0.15, -0.1) is 0 Å². The average Bonchev–Trinajstić information content (AvgIpc) is 3.21. The first-order valence-corrected chi connectivity index (χ1v) is 8.85. The van der Waals surface area contributed by atoms with E-state index in [0.29, 0.717) is 18.8 Å². The largest absolute Gasteiger partial charge is 0.493 e. The Labute approximate surface area is 157 Å². The Morgan fingerprint density at radius 3 is 2.96 bits per heavy atom. The van der Waals surface area contributed by atoms with Gasteiger partial charge < -0.3 is 14.8 Å². The summed E-state index contributed by atoms with van der Waals surface area (Å²) in [4.78, 5) is 12.7. The third-order valence-electron chi connectivity index (χ3n) is 4.85. The number of nitrogens with one attached hydrogen (secondary N) is 2. The minimum atomic E-state index is -0.238. The molecule has 2 heterocycles. The van der Waals surface area contributed by atoms with Crippen LogP contribution in [0.4, 0.5) is 5.69 Å². The minimum Gasteiger partial charge on any atom is -0.493 e. The second-order valence-electron chi connectivity index (χ2n) is 6.67. The third-order valence-corrected chi connectivity index (χ3v) is 4.85. The Bertz CT molecular complexity index is 967. The predicted octanol–water partition coefficient (Wildman–Crippen LogP) is 3.58. The van der Waals surface area contributed by atoms with Crippen LogP contribution in [-0.4, -0.2) is 29.8 Å². The Morgan fingerprint density at radius 2 is 2.22 bits per heavy atom. The molecular weight excluding hydrogens is 342 g/mol. The molecule has 0 spiro atoms. The van der Waals surface area contributed by atoms with E-state index in [1.165, 1.54) is 0 Å². The number of amides is 1. The van der Waals surface area contributed by atoms with E-state index in [1.54, 1.807) is 13.3 Å². The van der Waals surface area contributed by atoms with Crippen molar-refractivity contribution < 1.29 is 14.3 Å². The van der Waals surface area contributed by atoms with Gasteiger partial charge in [-0.25, -0.2) is 0 Å². The minimum absolute atomic E-state index is 0.0427. The van der Waals surface area contributed by atoms with Gasteiger partial charge in [0.2, 0.25) is 5.91 Å². The summed E-state index contributed by atoms with van der Waals surface area (Å²) in [6, 6.07) is 11.6. The number of anilines is 1.